The van der Waals surface area contributed by atoms with Crippen LogP contribution in [0.3, 0.4) is 0 Å². The quantitative estimate of drug-likeness (QED) is 0.128. The SMILES string of the molecule is NCCCNCCCCNCCCNCOCC(N)CCC(N)=O. The molecular formula is C16H38N6O2. The van der Waals surface area contributed by atoms with E-state index >= 15 is 0 Å². The average molecular weight is 347 g/mol. The highest BCUT2D eigenvalue weighted by Gasteiger charge is 2.04. The molecule has 0 aliphatic heterocycles. The van der Waals surface area contributed by atoms with Crippen LogP contribution in [0, 0.1) is 0 Å². The number of carbonyl (C=O) groups excluding carboxylic acids is 1. The molecule has 0 aliphatic carbocycles. The lowest BCUT2D eigenvalue weighted by atomic mass is 10.2. The van der Waals surface area contributed by atoms with Gasteiger partial charge in [-0.3, -0.25) is 10.1 Å². The molecule has 0 radical (unpaired) electrons. The van der Waals surface area contributed by atoms with Crippen molar-refractivity contribution >= 4 is 5.91 Å². The van der Waals surface area contributed by atoms with Gasteiger partial charge in [0.25, 0.3) is 0 Å². The third-order valence-electron chi connectivity index (χ3n) is 3.52. The summed E-state index contributed by atoms with van der Waals surface area (Å²) in [5.41, 5.74) is 16.3. The molecule has 0 heterocycles. The molecule has 0 fully saturated rings. The Morgan fingerprint density at radius 1 is 0.917 bits per heavy atom. The van der Waals surface area contributed by atoms with Crippen molar-refractivity contribution in [2.24, 2.45) is 17.2 Å². The topological polar surface area (TPSA) is 140 Å². The molecule has 0 spiro atoms. The van der Waals surface area contributed by atoms with E-state index < -0.39 is 0 Å². The van der Waals surface area contributed by atoms with Gasteiger partial charge in [0.15, 0.2) is 0 Å². The first-order chi connectivity index (χ1) is 11.7. The van der Waals surface area contributed by atoms with Gasteiger partial charge in [-0.2, -0.15) is 0 Å². The first-order valence-corrected chi connectivity index (χ1v) is 9.10. The van der Waals surface area contributed by atoms with Crippen LogP contribution in [0.5, 0.6) is 0 Å². The van der Waals surface area contributed by atoms with Crippen LogP contribution in [0.25, 0.3) is 0 Å². The van der Waals surface area contributed by atoms with E-state index in [2.05, 4.69) is 16.0 Å². The van der Waals surface area contributed by atoms with E-state index in [1.54, 1.807) is 0 Å². The zero-order valence-electron chi connectivity index (χ0n) is 15.0. The summed E-state index contributed by atoms with van der Waals surface area (Å²) in [6.07, 6.45) is 5.38. The smallest absolute Gasteiger partial charge is 0.217 e. The zero-order valence-corrected chi connectivity index (χ0v) is 15.0. The van der Waals surface area contributed by atoms with Gasteiger partial charge in [-0.05, 0) is 71.4 Å². The van der Waals surface area contributed by atoms with Gasteiger partial charge < -0.3 is 32.6 Å². The van der Waals surface area contributed by atoms with Gasteiger partial charge in [-0.15, -0.1) is 0 Å². The van der Waals surface area contributed by atoms with Gasteiger partial charge in [0.05, 0.1) is 13.3 Å². The fraction of sp³-hybridized carbons (Fsp3) is 0.938. The van der Waals surface area contributed by atoms with Gasteiger partial charge >= 0.3 is 0 Å². The third-order valence-corrected chi connectivity index (χ3v) is 3.52. The molecule has 0 aliphatic rings. The van der Waals surface area contributed by atoms with E-state index in [0.717, 1.165) is 52.1 Å². The summed E-state index contributed by atoms with van der Waals surface area (Å²) in [5, 5.41) is 10.0. The summed E-state index contributed by atoms with van der Waals surface area (Å²) < 4.78 is 5.40. The van der Waals surface area contributed by atoms with Crippen LogP contribution >= 0.6 is 0 Å². The van der Waals surface area contributed by atoms with Crippen LogP contribution in [0.1, 0.15) is 38.5 Å². The molecule has 0 aromatic rings. The first kappa shape index (κ1) is 23.2. The van der Waals surface area contributed by atoms with Crippen LogP contribution < -0.4 is 33.2 Å². The summed E-state index contributed by atoms with van der Waals surface area (Å²) in [6.45, 7) is 6.75. The average Bonchev–Trinajstić information content (AvgIpc) is 2.56. The number of rotatable bonds is 19. The van der Waals surface area contributed by atoms with Crippen molar-refractivity contribution in [1.82, 2.24) is 16.0 Å². The number of amides is 1. The lowest BCUT2D eigenvalue weighted by Crippen LogP contribution is -2.31. The molecule has 24 heavy (non-hydrogen) atoms. The fourth-order valence-corrected chi connectivity index (χ4v) is 2.08. The Morgan fingerprint density at radius 3 is 2.12 bits per heavy atom. The molecule has 0 bridgehead atoms. The van der Waals surface area contributed by atoms with E-state index in [0.29, 0.717) is 26.2 Å². The molecule has 144 valence electrons. The molecular weight excluding hydrogens is 308 g/mol. The monoisotopic (exact) mass is 346 g/mol. The molecule has 1 unspecified atom stereocenters. The van der Waals surface area contributed by atoms with E-state index in [1.165, 1.54) is 12.8 Å². The molecule has 0 rings (SSSR count). The van der Waals surface area contributed by atoms with Gasteiger partial charge in [0, 0.05) is 12.5 Å². The Hall–Kier alpha value is -0.770. The molecule has 1 atom stereocenters. The van der Waals surface area contributed by atoms with Crippen molar-refractivity contribution in [2.45, 2.75) is 44.6 Å². The first-order valence-electron chi connectivity index (χ1n) is 9.10. The second-order valence-corrected chi connectivity index (χ2v) is 5.98. The summed E-state index contributed by atoms with van der Waals surface area (Å²) in [7, 11) is 0. The predicted octanol–water partition coefficient (Wildman–Crippen LogP) is -1.16. The van der Waals surface area contributed by atoms with E-state index in [1.807, 2.05) is 0 Å². The Balaban J connectivity index is 3.08. The molecule has 8 nitrogen and oxygen atoms in total. The lowest BCUT2D eigenvalue weighted by Gasteiger charge is -2.12. The number of hydrogen-bond acceptors (Lipinski definition) is 7. The maximum atomic E-state index is 10.6. The molecule has 0 saturated carbocycles. The Morgan fingerprint density at radius 2 is 1.50 bits per heavy atom. The molecule has 0 aromatic heterocycles. The number of ether oxygens (including phenoxy) is 1. The summed E-state index contributed by atoms with van der Waals surface area (Å²) in [5.74, 6) is -0.320. The summed E-state index contributed by atoms with van der Waals surface area (Å²) >= 11 is 0. The molecule has 1 amide bonds. The summed E-state index contributed by atoms with van der Waals surface area (Å²) in [6, 6.07) is -0.134. The minimum Gasteiger partial charge on any atom is -0.370 e. The number of unbranched alkanes of at least 4 members (excludes halogenated alkanes) is 1. The van der Waals surface area contributed by atoms with Gasteiger partial charge in [0.1, 0.15) is 0 Å². The highest BCUT2D eigenvalue weighted by atomic mass is 16.5. The number of primary amides is 1. The molecule has 0 saturated heterocycles. The second-order valence-electron chi connectivity index (χ2n) is 5.98. The van der Waals surface area contributed by atoms with Crippen LogP contribution in [0.4, 0.5) is 0 Å². The third kappa shape index (κ3) is 19.3. The lowest BCUT2D eigenvalue weighted by molar-refractivity contribution is -0.118. The van der Waals surface area contributed by atoms with Crippen molar-refractivity contribution < 1.29 is 9.53 Å². The number of carbonyl (C=O) groups is 1. The maximum Gasteiger partial charge on any atom is 0.217 e. The zero-order chi connectivity index (χ0) is 17.9. The van der Waals surface area contributed by atoms with Gasteiger partial charge in [-0.25, -0.2) is 0 Å². The minimum atomic E-state index is -0.320. The number of nitrogens with two attached hydrogens (primary N) is 3. The van der Waals surface area contributed by atoms with Crippen molar-refractivity contribution in [3.05, 3.63) is 0 Å². The fourth-order valence-electron chi connectivity index (χ4n) is 2.08. The standard InChI is InChI=1S/C16H38N6O2/c17-7-3-10-20-8-1-2-9-21-11-4-12-22-14-24-13-15(18)5-6-16(19)23/h15,20-22H,1-14,17-18H2,(H2,19,23). The predicted molar refractivity (Wildman–Crippen MR) is 98.5 cm³/mol. The molecule has 9 N–H and O–H groups in total. The van der Waals surface area contributed by atoms with E-state index in [-0.39, 0.29) is 11.9 Å². The van der Waals surface area contributed by atoms with Gasteiger partial charge in [0.2, 0.25) is 5.91 Å². The van der Waals surface area contributed by atoms with Crippen molar-refractivity contribution in [3.63, 3.8) is 0 Å². The minimum absolute atomic E-state index is 0.134. The highest BCUT2D eigenvalue weighted by Crippen LogP contribution is 1.94. The number of nitrogens with one attached hydrogen (secondary N) is 3. The van der Waals surface area contributed by atoms with E-state index in [9.17, 15) is 4.79 Å². The van der Waals surface area contributed by atoms with Gasteiger partial charge in [-0.1, -0.05) is 0 Å². The van der Waals surface area contributed by atoms with Crippen molar-refractivity contribution in [1.29, 1.82) is 0 Å². The van der Waals surface area contributed by atoms with Crippen LogP contribution in [-0.4, -0.2) is 64.6 Å². The largest absolute Gasteiger partial charge is 0.370 e. The van der Waals surface area contributed by atoms with Crippen LogP contribution in [-0.2, 0) is 9.53 Å². The molecule has 8 heteroatoms. The number of hydrogen-bond donors (Lipinski definition) is 6. The Bertz CT molecular complexity index is 281. The summed E-state index contributed by atoms with van der Waals surface area (Å²) in [4.78, 5) is 10.6. The molecule has 0 aromatic carbocycles. The van der Waals surface area contributed by atoms with Crippen LogP contribution in [0.15, 0.2) is 0 Å². The second kappa shape index (κ2) is 18.6. The normalized spacial score (nSPS) is 12.4. The van der Waals surface area contributed by atoms with Crippen LogP contribution in [0.2, 0.25) is 0 Å². The maximum absolute atomic E-state index is 10.6. The van der Waals surface area contributed by atoms with E-state index in [4.69, 9.17) is 21.9 Å². The Labute approximate surface area is 146 Å². The Kier molecular flexibility index (Phi) is 18.0. The van der Waals surface area contributed by atoms with Crippen molar-refractivity contribution in [2.75, 3.05) is 52.6 Å². The highest BCUT2D eigenvalue weighted by molar-refractivity contribution is 5.73. The van der Waals surface area contributed by atoms with Crippen molar-refractivity contribution in [3.8, 4) is 0 Å².